The summed E-state index contributed by atoms with van der Waals surface area (Å²) in [7, 11) is 1.71. The fourth-order valence-electron chi connectivity index (χ4n) is 8.55. The van der Waals surface area contributed by atoms with Gasteiger partial charge in [-0.25, -0.2) is 0 Å². The number of hydrogen-bond acceptors (Lipinski definition) is 7. The maximum absolute atomic E-state index is 11.9. The van der Waals surface area contributed by atoms with Gasteiger partial charge in [-0.15, -0.1) is 0 Å². The third-order valence-corrected chi connectivity index (χ3v) is 11.2. The van der Waals surface area contributed by atoms with E-state index in [1.165, 1.54) is 41.9 Å². The van der Waals surface area contributed by atoms with E-state index in [1.54, 1.807) is 19.2 Å². The molecule has 4 aromatic rings. The van der Waals surface area contributed by atoms with Crippen molar-refractivity contribution in [1.29, 1.82) is 0 Å². The van der Waals surface area contributed by atoms with Gasteiger partial charge in [0.15, 0.2) is 0 Å². The average molecular weight is 659 g/mol. The van der Waals surface area contributed by atoms with Gasteiger partial charge in [0, 0.05) is 92.8 Å². The summed E-state index contributed by atoms with van der Waals surface area (Å²) in [5.41, 5.74) is 7.99. The molecule has 2 N–H and O–H groups in total. The summed E-state index contributed by atoms with van der Waals surface area (Å²) in [6.45, 7) is 10.3. The van der Waals surface area contributed by atoms with Crippen molar-refractivity contribution in [3.05, 3.63) is 113 Å². The summed E-state index contributed by atoms with van der Waals surface area (Å²) in [6, 6.07) is 29.3. The number of amides is 1. The Labute approximate surface area is 289 Å². The van der Waals surface area contributed by atoms with Crippen LogP contribution in [0.4, 0.5) is 11.4 Å². The molecular weight excluding hydrogens is 612 g/mol. The molecule has 0 bridgehead atoms. The van der Waals surface area contributed by atoms with Crippen LogP contribution in [0.15, 0.2) is 84.9 Å². The van der Waals surface area contributed by atoms with Gasteiger partial charge < -0.3 is 29.7 Å². The van der Waals surface area contributed by atoms with Gasteiger partial charge in [-0.3, -0.25) is 9.69 Å². The van der Waals surface area contributed by atoms with E-state index in [1.807, 2.05) is 18.2 Å². The average Bonchev–Trinajstić information content (AvgIpc) is 3.51. The number of nitrogens with zero attached hydrogens (tertiary/aromatic N) is 3. The molecule has 254 valence electrons. The number of benzene rings is 4. The molecule has 2 saturated heterocycles. The molecule has 1 amide bonds. The van der Waals surface area contributed by atoms with Crippen molar-refractivity contribution < 1.29 is 19.4 Å². The van der Waals surface area contributed by atoms with E-state index in [0.29, 0.717) is 6.54 Å². The van der Waals surface area contributed by atoms with Crippen LogP contribution < -0.4 is 24.6 Å². The zero-order valence-corrected chi connectivity index (χ0v) is 28.5. The lowest BCUT2D eigenvalue weighted by Crippen LogP contribution is -2.49. The van der Waals surface area contributed by atoms with Crippen LogP contribution in [-0.4, -0.2) is 74.9 Å². The van der Waals surface area contributed by atoms with Gasteiger partial charge in [0.05, 0.1) is 7.11 Å². The molecule has 8 heteroatoms. The lowest BCUT2D eigenvalue weighted by atomic mass is 9.73. The molecule has 49 heavy (non-hydrogen) atoms. The SMILES string of the molecule is COc1cccc(C2C(c3ccc(N4CCC(CN5CCN(c6ccc7c(c6)CNC7=O)CC5)CC4)cc3)c3ccc(O)cc3O[C@H]2C)c1. The largest absolute Gasteiger partial charge is 0.508 e. The number of phenolic OH excluding ortho intramolecular Hbond substituents is 1. The monoisotopic (exact) mass is 658 g/mol. The van der Waals surface area contributed by atoms with E-state index < -0.39 is 0 Å². The number of methoxy groups -OCH3 is 1. The zero-order chi connectivity index (χ0) is 33.5. The van der Waals surface area contributed by atoms with Gasteiger partial charge in [-0.1, -0.05) is 30.3 Å². The number of carbonyl (C=O) groups is 1. The number of ether oxygens (including phenoxy) is 2. The third-order valence-electron chi connectivity index (χ3n) is 11.2. The molecule has 2 fully saturated rings. The molecule has 0 spiro atoms. The van der Waals surface area contributed by atoms with Crippen LogP contribution in [-0.2, 0) is 6.54 Å². The highest BCUT2D eigenvalue weighted by Gasteiger charge is 2.38. The predicted molar refractivity (Wildman–Crippen MR) is 193 cm³/mol. The van der Waals surface area contributed by atoms with Gasteiger partial charge in [0.25, 0.3) is 5.91 Å². The Morgan fingerprint density at radius 3 is 2.37 bits per heavy atom. The van der Waals surface area contributed by atoms with E-state index in [9.17, 15) is 9.90 Å². The molecule has 3 atom stereocenters. The molecule has 0 radical (unpaired) electrons. The standard InChI is InChI=1S/C41H46N4O4/c1-27-39(30-4-3-5-35(23-30)48-2)40(37-13-11-34(46)24-38(37)49-27)29-6-8-32(9-7-29)44-16-14-28(15-17-44)26-43-18-20-45(21-19-43)33-10-12-36-31(22-33)25-42-41(36)47/h3-13,22-24,27-28,39-40,46H,14-21,25-26H2,1-2H3,(H,42,47)/t27-,39?,40?/m0/s1. The van der Waals surface area contributed by atoms with E-state index in [4.69, 9.17) is 9.47 Å². The van der Waals surface area contributed by atoms with Gasteiger partial charge in [-0.2, -0.15) is 0 Å². The van der Waals surface area contributed by atoms with Crippen molar-refractivity contribution in [3.63, 3.8) is 0 Å². The summed E-state index contributed by atoms with van der Waals surface area (Å²) < 4.78 is 12.0. The topological polar surface area (TPSA) is 77.5 Å². The lowest BCUT2D eigenvalue weighted by molar-refractivity contribution is 0.0965. The van der Waals surface area contributed by atoms with Crippen LogP contribution in [0.5, 0.6) is 17.2 Å². The van der Waals surface area contributed by atoms with E-state index in [2.05, 4.69) is 81.5 Å². The lowest BCUT2D eigenvalue weighted by Gasteiger charge is -2.40. The quantitative estimate of drug-likeness (QED) is 0.239. The fraction of sp³-hybridized carbons (Fsp3) is 0.390. The molecule has 4 aliphatic rings. The van der Waals surface area contributed by atoms with Crippen LogP contribution in [0.25, 0.3) is 0 Å². The highest BCUT2D eigenvalue weighted by molar-refractivity contribution is 5.98. The zero-order valence-electron chi connectivity index (χ0n) is 28.5. The Balaban J connectivity index is 0.902. The van der Waals surface area contributed by atoms with Crippen LogP contribution in [0.2, 0.25) is 0 Å². The molecule has 8 nitrogen and oxygen atoms in total. The Morgan fingerprint density at radius 2 is 1.59 bits per heavy atom. The minimum absolute atomic E-state index is 0.0476. The number of phenols is 1. The summed E-state index contributed by atoms with van der Waals surface area (Å²) in [4.78, 5) is 19.6. The van der Waals surface area contributed by atoms with Gasteiger partial charge in [0.1, 0.15) is 23.4 Å². The summed E-state index contributed by atoms with van der Waals surface area (Å²) in [6.07, 6.45) is 2.33. The minimum atomic E-state index is -0.0865. The van der Waals surface area contributed by atoms with Crippen molar-refractivity contribution in [3.8, 4) is 17.2 Å². The first-order chi connectivity index (χ1) is 23.9. The molecule has 4 aliphatic heterocycles. The van der Waals surface area contributed by atoms with Gasteiger partial charge >= 0.3 is 0 Å². The van der Waals surface area contributed by atoms with Crippen molar-refractivity contribution in [1.82, 2.24) is 10.2 Å². The number of hydrogen-bond donors (Lipinski definition) is 2. The number of anilines is 2. The number of aromatic hydroxyl groups is 1. The number of nitrogens with one attached hydrogen (secondary N) is 1. The smallest absolute Gasteiger partial charge is 0.251 e. The highest BCUT2D eigenvalue weighted by atomic mass is 16.5. The summed E-state index contributed by atoms with van der Waals surface area (Å²) in [5.74, 6) is 2.75. The molecule has 4 heterocycles. The van der Waals surface area contributed by atoms with Gasteiger partial charge in [-0.05, 0) is 90.9 Å². The number of fused-ring (bicyclic) bond motifs is 2. The number of carbonyl (C=O) groups excluding carboxylic acids is 1. The maximum atomic E-state index is 11.9. The summed E-state index contributed by atoms with van der Waals surface area (Å²) in [5, 5.41) is 13.2. The molecule has 0 aliphatic carbocycles. The number of piperazine rings is 1. The first-order valence-electron chi connectivity index (χ1n) is 17.8. The predicted octanol–water partition coefficient (Wildman–Crippen LogP) is 6.38. The molecule has 4 aromatic carbocycles. The summed E-state index contributed by atoms with van der Waals surface area (Å²) >= 11 is 0. The Morgan fingerprint density at radius 1 is 0.837 bits per heavy atom. The fourth-order valence-corrected chi connectivity index (χ4v) is 8.55. The second-order valence-electron chi connectivity index (χ2n) is 14.2. The van der Waals surface area contributed by atoms with Crippen molar-refractivity contribution in [2.24, 2.45) is 5.92 Å². The molecule has 2 unspecified atom stereocenters. The van der Waals surface area contributed by atoms with Crippen LogP contribution in [0, 0.1) is 5.92 Å². The van der Waals surface area contributed by atoms with Gasteiger partial charge in [0.2, 0.25) is 0 Å². The van der Waals surface area contributed by atoms with E-state index in [0.717, 1.165) is 73.4 Å². The van der Waals surface area contributed by atoms with Crippen LogP contribution >= 0.6 is 0 Å². The molecule has 0 aromatic heterocycles. The second kappa shape index (κ2) is 13.3. The first-order valence-corrected chi connectivity index (χ1v) is 17.8. The van der Waals surface area contributed by atoms with Crippen molar-refractivity contribution in [2.75, 3.05) is 62.7 Å². The van der Waals surface area contributed by atoms with Crippen molar-refractivity contribution in [2.45, 2.75) is 44.2 Å². The van der Waals surface area contributed by atoms with Crippen LogP contribution in [0.3, 0.4) is 0 Å². The van der Waals surface area contributed by atoms with Crippen molar-refractivity contribution >= 4 is 17.3 Å². The third kappa shape index (κ3) is 6.30. The Bertz CT molecular complexity index is 1810. The molecule has 8 rings (SSSR count). The van der Waals surface area contributed by atoms with Crippen LogP contribution in [0.1, 0.15) is 64.2 Å². The Hall–Kier alpha value is -4.69. The number of rotatable bonds is 7. The van der Waals surface area contributed by atoms with E-state index >= 15 is 0 Å². The minimum Gasteiger partial charge on any atom is -0.508 e. The second-order valence-corrected chi connectivity index (χ2v) is 14.2. The normalized spacial score (nSPS) is 22.7. The first kappa shape index (κ1) is 31.6. The Kier molecular flexibility index (Phi) is 8.58. The van der Waals surface area contributed by atoms with E-state index in [-0.39, 0.29) is 29.6 Å². The molecular formula is C41H46N4O4. The molecule has 0 saturated carbocycles. The maximum Gasteiger partial charge on any atom is 0.251 e. The number of piperidine rings is 1. The highest BCUT2D eigenvalue weighted by Crippen LogP contribution is 2.50.